The van der Waals surface area contributed by atoms with Crippen molar-refractivity contribution in [2.75, 3.05) is 39.3 Å². The Bertz CT molecular complexity index is 222. The number of nitrogens with zero attached hydrogens (tertiary/aromatic N) is 2. The molecule has 3 nitrogen and oxygen atoms in total. The Balaban J connectivity index is 2.67. The van der Waals surface area contributed by atoms with Crippen LogP contribution in [0.15, 0.2) is 0 Å². The largest absolute Gasteiger partial charge is 0.329 e. The zero-order valence-electron chi connectivity index (χ0n) is 12.9. The Labute approximate surface area is 114 Å². The number of rotatable bonds is 7. The van der Waals surface area contributed by atoms with Gasteiger partial charge in [-0.2, -0.15) is 0 Å². The minimum Gasteiger partial charge on any atom is -0.329 e. The fourth-order valence-electron chi connectivity index (χ4n) is 3.10. The summed E-state index contributed by atoms with van der Waals surface area (Å²) in [6, 6.07) is 0. The molecule has 0 aromatic heterocycles. The molecule has 0 radical (unpaired) electrons. The first-order chi connectivity index (χ1) is 8.61. The monoisotopic (exact) mass is 255 g/mol. The Kier molecular flexibility index (Phi) is 6.61. The molecular weight excluding hydrogens is 222 g/mol. The van der Waals surface area contributed by atoms with E-state index in [1.54, 1.807) is 0 Å². The van der Waals surface area contributed by atoms with Crippen molar-refractivity contribution in [2.24, 2.45) is 11.7 Å². The van der Waals surface area contributed by atoms with Crippen molar-refractivity contribution in [3.63, 3.8) is 0 Å². The lowest BCUT2D eigenvalue weighted by molar-refractivity contribution is 0.0222. The van der Waals surface area contributed by atoms with Crippen LogP contribution in [0.25, 0.3) is 0 Å². The van der Waals surface area contributed by atoms with E-state index in [4.69, 9.17) is 5.73 Å². The fourth-order valence-corrected chi connectivity index (χ4v) is 3.10. The van der Waals surface area contributed by atoms with E-state index in [9.17, 15) is 0 Å². The van der Waals surface area contributed by atoms with Gasteiger partial charge in [-0.15, -0.1) is 0 Å². The molecule has 0 aliphatic carbocycles. The van der Waals surface area contributed by atoms with Crippen LogP contribution in [0.2, 0.25) is 0 Å². The average molecular weight is 255 g/mol. The van der Waals surface area contributed by atoms with E-state index >= 15 is 0 Å². The predicted octanol–water partition coefficient (Wildman–Crippen LogP) is 2.17. The average Bonchev–Trinajstić information content (AvgIpc) is 2.44. The SMILES string of the molecule is CCC(C)CN(CC)C1(CN)CCN(CC)CC1. The van der Waals surface area contributed by atoms with Crippen LogP contribution in [-0.2, 0) is 0 Å². The summed E-state index contributed by atoms with van der Waals surface area (Å²) in [5.74, 6) is 0.776. The molecule has 0 aromatic rings. The molecule has 0 spiro atoms. The molecule has 1 aliphatic rings. The predicted molar refractivity (Wildman–Crippen MR) is 79.8 cm³/mol. The molecule has 0 bridgehead atoms. The summed E-state index contributed by atoms with van der Waals surface area (Å²) >= 11 is 0. The maximum absolute atomic E-state index is 6.16. The van der Waals surface area contributed by atoms with Gasteiger partial charge in [0.25, 0.3) is 0 Å². The number of likely N-dealkylation sites (N-methyl/N-ethyl adjacent to an activating group) is 1. The van der Waals surface area contributed by atoms with Gasteiger partial charge in [-0.25, -0.2) is 0 Å². The van der Waals surface area contributed by atoms with Gasteiger partial charge in [-0.1, -0.05) is 34.1 Å². The Morgan fingerprint density at radius 3 is 2.22 bits per heavy atom. The molecule has 1 fully saturated rings. The van der Waals surface area contributed by atoms with Crippen molar-refractivity contribution >= 4 is 0 Å². The Morgan fingerprint density at radius 1 is 1.22 bits per heavy atom. The highest BCUT2D eigenvalue weighted by Gasteiger charge is 2.37. The third-order valence-electron chi connectivity index (χ3n) is 4.90. The third-order valence-corrected chi connectivity index (χ3v) is 4.90. The second-order valence-electron chi connectivity index (χ2n) is 5.91. The van der Waals surface area contributed by atoms with Crippen molar-refractivity contribution in [2.45, 2.75) is 52.5 Å². The minimum atomic E-state index is 0.268. The molecule has 0 amide bonds. The van der Waals surface area contributed by atoms with Crippen LogP contribution in [0.3, 0.4) is 0 Å². The summed E-state index contributed by atoms with van der Waals surface area (Å²) < 4.78 is 0. The number of likely N-dealkylation sites (tertiary alicyclic amines) is 1. The molecular formula is C15H33N3. The molecule has 0 aromatic carbocycles. The van der Waals surface area contributed by atoms with E-state index in [1.807, 2.05) is 0 Å². The van der Waals surface area contributed by atoms with E-state index in [1.165, 1.54) is 45.4 Å². The molecule has 0 saturated carbocycles. The normalized spacial score (nSPS) is 22.3. The van der Waals surface area contributed by atoms with Crippen molar-refractivity contribution < 1.29 is 0 Å². The highest BCUT2D eigenvalue weighted by molar-refractivity contribution is 4.96. The van der Waals surface area contributed by atoms with Gasteiger partial charge in [0, 0.05) is 18.6 Å². The molecule has 1 unspecified atom stereocenters. The molecule has 1 saturated heterocycles. The van der Waals surface area contributed by atoms with Crippen LogP contribution in [0, 0.1) is 5.92 Å². The molecule has 1 aliphatic heterocycles. The number of nitrogens with two attached hydrogens (primary N) is 1. The minimum absolute atomic E-state index is 0.268. The maximum Gasteiger partial charge on any atom is 0.0356 e. The number of piperidine rings is 1. The number of hydrogen-bond donors (Lipinski definition) is 1. The summed E-state index contributed by atoms with van der Waals surface area (Å²) in [5, 5.41) is 0. The molecule has 2 N–H and O–H groups in total. The van der Waals surface area contributed by atoms with Crippen LogP contribution >= 0.6 is 0 Å². The molecule has 1 rings (SSSR count). The van der Waals surface area contributed by atoms with E-state index in [0.717, 1.165) is 19.0 Å². The zero-order chi connectivity index (χ0) is 13.6. The Morgan fingerprint density at radius 2 is 1.83 bits per heavy atom. The lowest BCUT2D eigenvalue weighted by atomic mass is 9.84. The lowest BCUT2D eigenvalue weighted by Gasteiger charge is -2.49. The van der Waals surface area contributed by atoms with Gasteiger partial charge in [0.2, 0.25) is 0 Å². The van der Waals surface area contributed by atoms with Crippen molar-refractivity contribution in [3.05, 3.63) is 0 Å². The van der Waals surface area contributed by atoms with Crippen LogP contribution in [0.4, 0.5) is 0 Å². The van der Waals surface area contributed by atoms with Crippen molar-refractivity contribution in [1.82, 2.24) is 9.80 Å². The zero-order valence-corrected chi connectivity index (χ0v) is 12.9. The summed E-state index contributed by atoms with van der Waals surface area (Å²) in [5.41, 5.74) is 6.43. The van der Waals surface area contributed by atoms with Gasteiger partial charge in [0.15, 0.2) is 0 Å². The topological polar surface area (TPSA) is 32.5 Å². The van der Waals surface area contributed by atoms with Gasteiger partial charge < -0.3 is 10.6 Å². The van der Waals surface area contributed by atoms with Crippen LogP contribution < -0.4 is 5.73 Å². The van der Waals surface area contributed by atoms with Crippen molar-refractivity contribution in [3.8, 4) is 0 Å². The van der Waals surface area contributed by atoms with E-state index in [-0.39, 0.29) is 5.54 Å². The highest BCUT2D eigenvalue weighted by Crippen LogP contribution is 2.29. The quantitative estimate of drug-likeness (QED) is 0.757. The first-order valence-electron chi connectivity index (χ1n) is 7.79. The van der Waals surface area contributed by atoms with Crippen molar-refractivity contribution in [1.29, 1.82) is 0 Å². The first-order valence-corrected chi connectivity index (χ1v) is 7.79. The van der Waals surface area contributed by atoms with Crippen LogP contribution in [-0.4, -0.2) is 54.6 Å². The second-order valence-corrected chi connectivity index (χ2v) is 5.91. The fraction of sp³-hybridized carbons (Fsp3) is 1.00. The van der Waals surface area contributed by atoms with Gasteiger partial charge in [-0.3, -0.25) is 4.90 Å². The lowest BCUT2D eigenvalue weighted by Crippen LogP contribution is -2.60. The first kappa shape index (κ1) is 15.9. The molecule has 1 atom stereocenters. The second kappa shape index (κ2) is 7.46. The van der Waals surface area contributed by atoms with E-state index in [0.29, 0.717) is 0 Å². The smallest absolute Gasteiger partial charge is 0.0356 e. The van der Waals surface area contributed by atoms with Crippen LogP contribution in [0.1, 0.15) is 47.0 Å². The molecule has 18 heavy (non-hydrogen) atoms. The van der Waals surface area contributed by atoms with E-state index < -0.39 is 0 Å². The summed E-state index contributed by atoms with van der Waals surface area (Å²) in [4.78, 5) is 5.21. The maximum atomic E-state index is 6.16. The summed E-state index contributed by atoms with van der Waals surface area (Å²) in [6.07, 6.45) is 3.74. The number of hydrogen-bond acceptors (Lipinski definition) is 3. The molecule has 3 heteroatoms. The van der Waals surface area contributed by atoms with Gasteiger partial charge in [0.05, 0.1) is 0 Å². The van der Waals surface area contributed by atoms with Gasteiger partial charge >= 0.3 is 0 Å². The van der Waals surface area contributed by atoms with E-state index in [2.05, 4.69) is 37.5 Å². The Hall–Kier alpha value is -0.120. The van der Waals surface area contributed by atoms with Gasteiger partial charge in [0.1, 0.15) is 0 Å². The summed E-state index contributed by atoms with van der Waals surface area (Å²) in [6.45, 7) is 15.9. The van der Waals surface area contributed by atoms with Gasteiger partial charge in [-0.05, 0) is 44.9 Å². The standard InChI is InChI=1S/C15H33N3/c1-5-14(4)12-18(7-3)15(13-16)8-10-17(6-2)11-9-15/h14H,5-13,16H2,1-4H3. The van der Waals surface area contributed by atoms with Crippen LogP contribution in [0.5, 0.6) is 0 Å². The molecule has 108 valence electrons. The highest BCUT2D eigenvalue weighted by atomic mass is 15.2. The summed E-state index contributed by atoms with van der Waals surface area (Å²) in [7, 11) is 0. The molecule has 1 heterocycles. The third kappa shape index (κ3) is 3.69.